The lowest BCUT2D eigenvalue weighted by molar-refractivity contribution is -0.0258. The van der Waals surface area contributed by atoms with Gasteiger partial charge in [0.05, 0.1) is 6.61 Å². The minimum atomic E-state index is -1.15. The van der Waals surface area contributed by atoms with Crippen LogP contribution in [0.1, 0.15) is 6.92 Å². The van der Waals surface area contributed by atoms with Gasteiger partial charge in [-0.25, -0.2) is 0 Å². The minimum Gasteiger partial charge on any atom is -0.501 e. The monoisotopic (exact) mass is 252 g/mol. The first-order chi connectivity index (χ1) is 9.10. The van der Waals surface area contributed by atoms with E-state index in [9.17, 15) is 0 Å². The van der Waals surface area contributed by atoms with Crippen LogP contribution in [0.15, 0.2) is 22.7 Å². The van der Waals surface area contributed by atoms with Gasteiger partial charge in [-0.15, -0.1) is 0 Å². The Bertz CT molecular complexity index is 584. The average Bonchev–Trinajstić information content (AvgIpc) is 2.43. The van der Waals surface area contributed by atoms with Crippen LogP contribution in [0.25, 0.3) is 0 Å². The van der Waals surface area contributed by atoms with Crippen molar-refractivity contribution in [3.05, 3.63) is 22.7 Å². The Balaban J connectivity index is 2.70. The maximum atomic E-state index is 8.92. The molecule has 3 aliphatic rings. The largest absolute Gasteiger partial charge is 0.787 e. The first-order valence-corrected chi connectivity index (χ1v) is 5.15. The summed E-state index contributed by atoms with van der Waals surface area (Å²) in [5, 5.41) is 35.7. The van der Waals surface area contributed by atoms with Crippen molar-refractivity contribution in [2.45, 2.75) is 6.92 Å². The molecule has 3 aliphatic heterocycles. The third-order valence-electron chi connectivity index (χ3n) is 2.84. The summed E-state index contributed by atoms with van der Waals surface area (Å²) in [5.74, 6) is 0.135. The quantitative estimate of drug-likeness (QED) is 0.458. The van der Waals surface area contributed by atoms with E-state index in [1.54, 1.807) is 31.2 Å². The second kappa shape index (κ2) is 4.39. The topological polar surface area (TPSA) is 123 Å². The van der Waals surface area contributed by atoms with Crippen molar-refractivity contribution in [2.24, 2.45) is 5.41 Å². The van der Waals surface area contributed by atoms with Gasteiger partial charge < -0.3 is 14.0 Å². The number of allylic oxidation sites excluding steroid dienone is 2. The third kappa shape index (κ3) is 1.69. The molecule has 0 spiro atoms. The number of nitriles is 4. The average molecular weight is 252 g/mol. The zero-order chi connectivity index (χ0) is 14.0. The Labute approximate surface area is 109 Å². The number of hydrogen-bond acceptors (Lipinski definition) is 7. The highest BCUT2D eigenvalue weighted by Crippen LogP contribution is 2.48. The van der Waals surface area contributed by atoms with E-state index in [1.807, 2.05) is 0 Å². The lowest BCUT2D eigenvalue weighted by Gasteiger charge is -2.44. The summed E-state index contributed by atoms with van der Waals surface area (Å²) in [6, 6.07) is 6.88. The van der Waals surface area contributed by atoms with Crippen molar-refractivity contribution in [1.29, 1.82) is 21.0 Å². The highest BCUT2D eigenvalue weighted by atomic mass is 16.8. The molecule has 0 saturated carbocycles. The molecular formula is C11H5BN4O3. The number of hydrogen-bond donors (Lipinski definition) is 0. The summed E-state index contributed by atoms with van der Waals surface area (Å²) in [6.45, 7) is 1.64. The third-order valence-corrected chi connectivity index (χ3v) is 2.84. The Morgan fingerprint density at radius 2 is 1.42 bits per heavy atom. The standard InChI is InChI=1S/C11H5BN4O3/c1-11-6-17-12(18-9(11)7(2-13)3-14)19-10(11)8(4-15)5-16/h6H2,1H3. The molecule has 0 aromatic heterocycles. The molecule has 0 radical (unpaired) electrons. The van der Waals surface area contributed by atoms with Crippen LogP contribution in [0.3, 0.4) is 0 Å². The maximum Gasteiger partial charge on any atom is 0.787 e. The van der Waals surface area contributed by atoms with Crippen LogP contribution in [0.5, 0.6) is 0 Å². The van der Waals surface area contributed by atoms with Gasteiger partial charge in [-0.05, 0) is 6.92 Å². The summed E-state index contributed by atoms with van der Waals surface area (Å²) >= 11 is 0. The molecule has 0 amide bonds. The molecule has 0 aromatic carbocycles. The molecule has 8 heteroatoms. The van der Waals surface area contributed by atoms with Crippen LogP contribution < -0.4 is 0 Å². The van der Waals surface area contributed by atoms with E-state index in [4.69, 9.17) is 35.0 Å². The predicted molar refractivity (Wildman–Crippen MR) is 58.5 cm³/mol. The molecule has 0 aliphatic carbocycles. The van der Waals surface area contributed by atoms with Crippen LogP contribution in [0.2, 0.25) is 0 Å². The van der Waals surface area contributed by atoms with Crippen LogP contribution in [0.4, 0.5) is 0 Å². The molecular weight excluding hydrogens is 247 g/mol. The van der Waals surface area contributed by atoms with Crippen molar-refractivity contribution in [2.75, 3.05) is 6.61 Å². The van der Waals surface area contributed by atoms with E-state index in [-0.39, 0.29) is 29.3 Å². The number of rotatable bonds is 0. The molecule has 3 saturated heterocycles. The number of fused-ring (bicyclic) bond motifs is 3. The van der Waals surface area contributed by atoms with Gasteiger partial charge in [0.2, 0.25) is 0 Å². The first kappa shape index (κ1) is 12.5. The first-order valence-electron chi connectivity index (χ1n) is 5.15. The van der Waals surface area contributed by atoms with Crippen LogP contribution >= 0.6 is 0 Å². The van der Waals surface area contributed by atoms with Crippen molar-refractivity contribution in [3.8, 4) is 24.3 Å². The fourth-order valence-corrected chi connectivity index (χ4v) is 1.94. The Morgan fingerprint density at radius 3 is 1.79 bits per heavy atom. The molecule has 19 heavy (non-hydrogen) atoms. The van der Waals surface area contributed by atoms with Crippen molar-refractivity contribution in [1.82, 2.24) is 0 Å². The van der Waals surface area contributed by atoms with Gasteiger partial charge in [0.1, 0.15) is 41.2 Å². The molecule has 0 atom stereocenters. The molecule has 3 fully saturated rings. The Kier molecular flexibility index (Phi) is 2.89. The Morgan fingerprint density at radius 1 is 1.00 bits per heavy atom. The van der Waals surface area contributed by atoms with E-state index < -0.39 is 12.7 Å². The fraction of sp³-hybridized carbons (Fsp3) is 0.273. The molecule has 90 valence electrons. The molecule has 0 aromatic rings. The summed E-state index contributed by atoms with van der Waals surface area (Å²) in [6.07, 6.45) is 0. The fourth-order valence-electron chi connectivity index (χ4n) is 1.94. The van der Waals surface area contributed by atoms with E-state index >= 15 is 0 Å². The lowest BCUT2D eigenvalue weighted by Crippen LogP contribution is -2.51. The van der Waals surface area contributed by atoms with Gasteiger partial charge in [-0.1, -0.05) is 0 Å². The molecule has 2 bridgehead atoms. The van der Waals surface area contributed by atoms with Gasteiger partial charge >= 0.3 is 7.32 Å². The normalized spacial score (nSPS) is 18.1. The van der Waals surface area contributed by atoms with E-state index in [0.29, 0.717) is 0 Å². The summed E-state index contributed by atoms with van der Waals surface area (Å²) in [7, 11) is -1.15. The summed E-state index contributed by atoms with van der Waals surface area (Å²) in [4.78, 5) is 0. The zero-order valence-electron chi connectivity index (χ0n) is 9.80. The van der Waals surface area contributed by atoms with Crippen molar-refractivity contribution < 1.29 is 14.0 Å². The van der Waals surface area contributed by atoms with E-state index in [2.05, 4.69) is 0 Å². The Hall–Kier alpha value is -2.94. The minimum absolute atomic E-state index is 0.0576. The smallest absolute Gasteiger partial charge is 0.501 e. The van der Waals surface area contributed by atoms with Crippen LogP contribution in [0, 0.1) is 50.7 Å². The number of nitrogens with zero attached hydrogens (tertiary/aromatic N) is 4. The van der Waals surface area contributed by atoms with Gasteiger partial charge in [-0.3, -0.25) is 0 Å². The van der Waals surface area contributed by atoms with Gasteiger partial charge in [0.25, 0.3) is 0 Å². The highest BCUT2D eigenvalue weighted by Gasteiger charge is 2.56. The van der Waals surface area contributed by atoms with Crippen LogP contribution in [-0.4, -0.2) is 13.9 Å². The zero-order valence-corrected chi connectivity index (χ0v) is 9.80. The van der Waals surface area contributed by atoms with Crippen LogP contribution in [-0.2, 0) is 14.0 Å². The highest BCUT2D eigenvalue weighted by molar-refractivity contribution is 6.38. The van der Waals surface area contributed by atoms with Gasteiger partial charge in [0, 0.05) is 0 Å². The molecule has 0 unspecified atom stereocenters. The molecule has 7 nitrogen and oxygen atoms in total. The second-order valence-corrected chi connectivity index (χ2v) is 4.02. The van der Waals surface area contributed by atoms with E-state index in [1.165, 1.54) is 0 Å². The second-order valence-electron chi connectivity index (χ2n) is 4.02. The SMILES string of the molecule is CC12COB(OC1=C(C#N)C#N)OC2=C(C#N)C#N. The van der Waals surface area contributed by atoms with Crippen molar-refractivity contribution in [3.63, 3.8) is 0 Å². The van der Waals surface area contributed by atoms with Gasteiger partial charge in [-0.2, -0.15) is 21.0 Å². The summed E-state index contributed by atoms with van der Waals surface area (Å²) < 4.78 is 15.6. The van der Waals surface area contributed by atoms with Gasteiger partial charge in [0.15, 0.2) is 11.1 Å². The lowest BCUT2D eigenvalue weighted by atomic mass is 9.77. The predicted octanol–water partition coefficient (Wildman–Crippen LogP) is 0.657. The maximum absolute atomic E-state index is 8.92. The molecule has 3 rings (SSSR count). The summed E-state index contributed by atoms with van der Waals surface area (Å²) in [5.41, 5.74) is -1.59. The van der Waals surface area contributed by atoms with E-state index in [0.717, 1.165) is 0 Å². The molecule has 3 heterocycles. The molecule has 0 N–H and O–H groups in total. The van der Waals surface area contributed by atoms with Crippen molar-refractivity contribution >= 4 is 7.32 Å².